The number of hydrogen-bond acceptors (Lipinski definition) is 3. The van der Waals surface area contributed by atoms with Gasteiger partial charge in [-0.25, -0.2) is 4.79 Å². The summed E-state index contributed by atoms with van der Waals surface area (Å²) in [5.41, 5.74) is 0.704. The van der Waals surface area contributed by atoms with Crippen molar-refractivity contribution < 1.29 is 27.5 Å². The highest BCUT2D eigenvalue weighted by Crippen LogP contribution is 2.19. The average Bonchev–Trinajstić information content (AvgIpc) is 2.61. The van der Waals surface area contributed by atoms with Gasteiger partial charge in [-0.05, 0) is 31.9 Å². The van der Waals surface area contributed by atoms with Crippen LogP contribution in [0.5, 0.6) is 0 Å². The van der Waals surface area contributed by atoms with E-state index < -0.39 is 18.8 Å². The van der Waals surface area contributed by atoms with Gasteiger partial charge in [0.25, 0.3) is 0 Å². The van der Waals surface area contributed by atoms with Crippen LogP contribution in [-0.4, -0.2) is 55.4 Å². The number of para-hydroxylation sites is 1. The molecule has 0 bridgehead atoms. The van der Waals surface area contributed by atoms with E-state index in [1.807, 2.05) is 18.2 Å². The number of anilines is 1. The van der Waals surface area contributed by atoms with E-state index in [0.717, 1.165) is 0 Å². The lowest BCUT2D eigenvalue weighted by Gasteiger charge is -2.32. The molecule has 0 saturated carbocycles. The summed E-state index contributed by atoms with van der Waals surface area (Å²) in [6.45, 7) is 0.938. The minimum absolute atomic E-state index is 0.205. The van der Waals surface area contributed by atoms with Gasteiger partial charge in [-0.3, -0.25) is 4.79 Å². The summed E-state index contributed by atoms with van der Waals surface area (Å²) in [5, 5.41) is 5.47. The number of urea groups is 1. The highest BCUT2D eigenvalue weighted by atomic mass is 19.4. The van der Waals surface area contributed by atoms with Crippen LogP contribution >= 0.6 is 0 Å². The molecule has 0 radical (unpaired) electrons. The summed E-state index contributed by atoms with van der Waals surface area (Å²) in [7, 11) is 0. The van der Waals surface area contributed by atoms with E-state index in [1.54, 1.807) is 24.0 Å². The van der Waals surface area contributed by atoms with E-state index in [9.17, 15) is 22.8 Å². The highest BCUT2D eigenvalue weighted by molar-refractivity contribution is 5.89. The molecule has 1 heterocycles. The Hall–Kier alpha value is -2.29. The van der Waals surface area contributed by atoms with Crippen molar-refractivity contribution >= 4 is 17.6 Å². The fraction of sp³-hybridized carbons (Fsp3) is 0.556. The normalized spacial score (nSPS) is 16.7. The number of likely N-dealkylation sites (tertiary alicyclic amines) is 1. The van der Waals surface area contributed by atoms with Gasteiger partial charge in [-0.2, -0.15) is 13.2 Å². The van der Waals surface area contributed by atoms with Crippen LogP contribution in [0.1, 0.15) is 19.8 Å². The van der Waals surface area contributed by atoms with Crippen LogP contribution in [0.4, 0.5) is 23.7 Å². The van der Waals surface area contributed by atoms with Gasteiger partial charge >= 0.3 is 12.2 Å². The maximum atomic E-state index is 12.2. The number of alkyl halides is 3. The van der Waals surface area contributed by atoms with E-state index in [2.05, 4.69) is 15.4 Å². The van der Waals surface area contributed by atoms with E-state index in [1.165, 1.54) is 0 Å². The van der Waals surface area contributed by atoms with E-state index in [0.29, 0.717) is 31.6 Å². The Morgan fingerprint density at radius 3 is 2.44 bits per heavy atom. The Kier molecular flexibility index (Phi) is 7.46. The topological polar surface area (TPSA) is 70.7 Å². The third-order valence-corrected chi connectivity index (χ3v) is 4.20. The molecule has 2 N–H and O–H groups in total. The lowest BCUT2D eigenvalue weighted by atomic mass is 9.96. The lowest BCUT2D eigenvalue weighted by molar-refractivity contribution is -0.175. The first-order valence-corrected chi connectivity index (χ1v) is 8.80. The number of ether oxygens (including phenoxy) is 1. The molecule has 0 spiro atoms. The maximum absolute atomic E-state index is 12.2. The Labute approximate surface area is 156 Å². The summed E-state index contributed by atoms with van der Waals surface area (Å²) >= 11 is 0. The summed E-state index contributed by atoms with van der Waals surface area (Å²) in [5.74, 6) is -0.489. The zero-order valence-electron chi connectivity index (χ0n) is 15.1. The van der Waals surface area contributed by atoms with E-state index >= 15 is 0 Å². The second-order valence-corrected chi connectivity index (χ2v) is 6.60. The molecule has 1 aromatic rings. The fourth-order valence-electron chi connectivity index (χ4n) is 2.82. The zero-order chi connectivity index (χ0) is 19.9. The molecule has 0 aliphatic carbocycles. The molecule has 9 heteroatoms. The smallest absolute Gasteiger partial charge is 0.370 e. The summed E-state index contributed by atoms with van der Waals surface area (Å²) in [4.78, 5) is 26.1. The number of carbonyl (C=O) groups excluding carboxylic acids is 2. The molecule has 1 saturated heterocycles. The van der Waals surface area contributed by atoms with Crippen molar-refractivity contribution in [3.63, 3.8) is 0 Å². The second kappa shape index (κ2) is 9.59. The summed E-state index contributed by atoms with van der Waals surface area (Å²) in [6.07, 6.45) is -3.37. The van der Waals surface area contributed by atoms with Gasteiger partial charge in [-0.15, -0.1) is 0 Å². The number of piperidine rings is 1. The number of benzene rings is 1. The van der Waals surface area contributed by atoms with Gasteiger partial charge in [0.1, 0.15) is 6.61 Å². The largest absolute Gasteiger partial charge is 0.411 e. The van der Waals surface area contributed by atoms with Crippen molar-refractivity contribution in [2.24, 2.45) is 5.92 Å². The van der Waals surface area contributed by atoms with Crippen LogP contribution in [0.2, 0.25) is 0 Å². The number of hydrogen-bond donors (Lipinski definition) is 2. The van der Waals surface area contributed by atoms with Crippen LogP contribution in [-0.2, 0) is 9.53 Å². The molecule has 1 aliphatic rings. The van der Waals surface area contributed by atoms with Gasteiger partial charge in [-0.1, -0.05) is 18.2 Å². The zero-order valence-corrected chi connectivity index (χ0v) is 15.1. The monoisotopic (exact) mass is 387 g/mol. The molecule has 0 aromatic heterocycles. The van der Waals surface area contributed by atoms with Gasteiger partial charge in [0.15, 0.2) is 0 Å². The van der Waals surface area contributed by atoms with Gasteiger partial charge in [0.05, 0.1) is 6.61 Å². The molecule has 2 rings (SSSR count). The van der Waals surface area contributed by atoms with Crippen LogP contribution in [0, 0.1) is 5.92 Å². The molecule has 27 heavy (non-hydrogen) atoms. The lowest BCUT2D eigenvalue weighted by Crippen LogP contribution is -2.46. The van der Waals surface area contributed by atoms with Crippen LogP contribution in [0.3, 0.4) is 0 Å². The Morgan fingerprint density at radius 1 is 1.22 bits per heavy atom. The van der Waals surface area contributed by atoms with Gasteiger partial charge in [0.2, 0.25) is 5.91 Å². The molecule has 1 unspecified atom stereocenters. The van der Waals surface area contributed by atoms with Crippen LogP contribution in [0.25, 0.3) is 0 Å². The van der Waals surface area contributed by atoms with Crippen molar-refractivity contribution in [2.75, 3.05) is 31.6 Å². The molecule has 1 aromatic carbocycles. The maximum Gasteiger partial charge on any atom is 0.411 e. The molecule has 1 atom stereocenters. The quantitative estimate of drug-likeness (QED) is 0.788. The molecule has 6 nitrogen and oxygen atoms in total. The summed E-state index contributed by atoms with van der Waals surface area (Å²) < 4.78 is 40.7. The number of rotatable bonds is 6. The van der Waals surface area contributed by atoms with Crippen LogP contribution < -0.4 is 10.6 Å². The molecular formula is C18H24F3N3O3. The van der Waals surface area contributed by atoms with Crippen molar-refractivity contribution in [1.29, 1.82) is 0 Å². The Balaban J connectivity index is 1.69. The van der Waals surface area contributed by atoms with Crippen molar-refractivity contribution in [3.8, 4) is 0 Å². The average molecular weight is 387 g/mol. The number of nitrogens with one attached hydrogen (secondary N) is 2. The molecule has 3 amide bonds. The highest BCUT2D eigenvalue weighted by Gasteiger charge is 2.29. The molecule has 1 aliphatic heterocycles. The minimum Gasteiger partial charge on any atom is -0.370 e. The number of carbonyl (C=O) groups is 2. The minimum atomic E-state index is -4.38. The predicted octanol–water partition coefficient (Wildman–Crippen LogP) is 3.01. The second-order valence-electron chi connectivity index (χ2n) is 6.60. The van der Waals surface area contributed by atoms with E-state index in [4.69, 9.17) is 0 Å². The van der Waals surface area contributed by atoms with Crippen molar-refractivity contribution in [3.05, 3.63) is 30.3 Å². The Bertz CT molecular complexity index is 617. The first-order valence-electron chi connectivity index (χ1n) is 8.80. The van der Waals surface area contributed by atoms with Gasteiger partial charge in [0, 0.05) is 30.7 Å². The fourth-order valence-corrected chi connectivity index (χ4v) is 2.82. The summed E-state index contributed by atoms with van der Waals surface area (Å²) in [6, 6.07) is 8.36. The number of amides is 3. The molecule has 150 valence electrons. The number of halogens is 3. The molecular weight excluding hydrogens is 363 g/mol. The molecule has 1 fully saturated rings. The standard InChI is InChI=1S/C18H24F3N3O3/c1-13(11-27-12-18(19,20)21)22-16(25)14-7-9-24(10-8-14)17(26)23-15-5-3-2-4-6-15/h2-6,13-14H,7-12H2,1H3,(H,22,25)(H,23,26). The van der Waals surface area contributed by atoms with Crippen molar-refractivity contribution in [2.45, 2.75) is 32.0 Å². The van der Waals surface area contributed by atoms with Crippen molar-refractivity contribution in [1.82, 2.24) is 10.2 Å². The van der Waals surface area contributed by atoms with Gasteiger partial charge < -0.3 is 20.3 Å². The predicted molar refractivity (Wildman–Crippen MR) is 94.2 cm³/mol. The number of nitrogens with zero attached hydrogens (tertiary/aromatic N) is 1. The Morgan fingerprint density at radius 2 is 1.85 bits per heavy atom. The third-order valence-electron chi connectivity index (χ3n) is 4.20. The van der Waals surface area contributed by atoms with Crippen LogP contribution in [0.15, 0.2) is 30.3 Å². The first kappa shape index (κ1) is 21.0. The third kappa shape index (κ3) is 7.46. The van der Waals surface area contributed by atoms with E-state index in [-0.39, 0.29) is 24.5 Å². The first-order chi connectivity index (χ1) is 12.7. The SMILES string of the molecule is CC(COCC(F)(F)F)NC(=O)C1CCN(C(=O)Nc2ccccc2)CC1.